The number of hydrogen-bond donors (Lipinski definition) is 2. The zero-order chi connectivity index (χ0) is 27.3. The van der Waals surface area contributed by atoms with Gasteiger partial charge in [0.1, 0.15) is 17.3 Å². The third kappa shape index (κ3) is 4.70. The van der Waals surface area contributed by atoms with E-state index in [9.17, 15) is 4.79 Å². The van der Waals surface area contributed by atoms with Crippen molar-refractivity contribution in [1.82, 2.24) is 20.3 Å². The summed E-state index contributed by atoms with van der Waals surface area (Å²) < 4.78 is 21.6. The molecule has 1 saturated heterocycles. The zero-order valence-corrected chi connectivity index (χ0v) is 22.5. The molecule has 7 nitrogen and oxygen atoms in total. The first kappa shape index (κ1) is 25.1. The Morgan fingerprint density at radius 3 is 2.80 bits per heavy atom. The minimum atomic E-state index is -0.353. The molecular formula is C32H32FN5O2. The molecule has 8 heteroatoms. The van der Waals surface area contributed by atoms with Gasteiger partial charge in [-0.15, -0.1) is 0 Å². The van der Waals surface area contributed by atoms with E-state index < -0.39 is 0 Å². The summed E-state index contributed by atoms with van der Waals surface area (Å²) in [5.41, 5.74) is 3.01. The lowest BCUT2D eigenvalue weighted by Crippen LogP contribution is -2.38. The summed E-state index contributed by atoms with van der Waals surface area (Å²) >= 11 is 0. The van der Waals surface area contributed by atoms with E-state index in [2.05, 4.69) is 20.6 Å². The molecule has 2 atom stereocenters. The van der Waals surface area contributed by atoms with Crippen LogP contribution in [0.5, 0.6) is 11.6 Å². The van der Waals surface area contributed by atoms with Gasteiger partial charge in [0.25, 0.3) is 0 Å². The number of Topliss-reactive ketones (excluding diaryl/α,β-unsaturated/α-hetero) is 1. The minimum Gasteiger partial charge on any atom is -0.437 e. The number of nitrogens with zero attached hydrogens (tertiary/aromatic N) is 3. The highest BCUT2D eigenvalue weighted by Crippen LogP contribution is 2.71. The standard InChI is InChI=1S/C32H32FN5O2/c1-19-6-7-21-22(8-9-26(33)24(21)16-28(39)25-17-32(25)11-12-32)29(19)40-30-23(5-3-14-35-30)27-10-15-36-31(38-27)37-20-4-2-13-34-18-20/h3,5-10,14-15,20,25,34H,2,4,11-13,16-18H2,1H3,(H,36,37,38)/t20-,25?/m0/s1. The third-order valence-corrected chi connectivity index (χ3v) is 8.76. The van der Waals surface area contributed by atoms with Crippen LogP contribution in [0.1, 0.15) is 43.2 Å². The van der Waals surface area contributed by atoms with Crippen molar-refractivity contribution >= 4 is 22.5 Å². The van der Waals surface area contributed by atoms with Gasteiger partial charge in [0, 0.05) is 48.3 Å². The highest BCUT2D eigenvalue weighted by molar-refractivity contribution is 5.97. The number of ether oxygens (including phenoxy) is 1. The fourth-order valence-corrected chi connectivity index (χ4v) is 6.15. The summed E-state index contributed by atoms with van der Waals surface area (Å²) in [5, 5.41) is 8.29. The van der Waals surface area contributed by atoms with Crippen LogP contribution in [0.2, 0.25) is 0 Å². The van der Waals surface area contributed by atoms with Gasteiger partial charge < -0.3 is 15.4 Å². The molecule has 7 rings (SSSR count). The monoisotopic (exact) mass is 537 g/mol. The van der Waals surface area contributed by atoms with E-state index in [0.717, 1.165) is 61.7 Å². The third-order valence-electron chi connectivity index (χ3n) is 8.76. The number of benzene rings is 2. The van der Waals surface area contributed by atoms with Gasteiger partial charge >= 0.3 is 0 Å². The average molecular weight is 538 g/mol. The lowest BCUT2D eigenvalue weighted by atomic mass is 9.96. The van der Waals surface area contributed by atoms with Gasteiger partial charge in [-0.2, -0.15) is 0 Å². The predicted molar refractivity (Wildman–Crippen MR) is 152 cm³/mol. The van der Waals surface area contributed by atoms with Crippen molar-refractivity contribution in [2.75, 3.05) is 18.4 Å². The second-order valence-electron chi connectivity index (χ2n) is 11.5. The zero-order valence-electron chi connectivity index (χ0n) is 22.5. The minimum absolute atomic E-state index is 0.0982. The predicted octanol–water partition coefficient (Wildman–Crippen LogP) is 6.01. The molecular weight excluding hydrogens is 505 g/mol. The Kier molecular flexibility index (Phi) is 6.23. The van der Waals surface area contributed by atoms with E-state index in [1.165, 1.54) is 6.07 Å². The number of pyridine rings is 1. The summed E-state index contributed by atoms with van der Waals surface area (Å²) in [6.45, 7) is 3.87. The summed E-state index contributed by atoms with van der Waals surface area (Å²) in [4.78, 5) is 26.7. The van der Waals surface area contributed by atoms with Crippen LogP contribution in [-0.2, 0) is 11.2 Å². The average Bonchev–Trinajstić information content (AvgIpc) is 3.91. The van der Waals surface area contributed by atoms with Crippen LogP contribution >= 0.6 is 0 Å². The molecule has 1 unspecified atom stereocenters. The Labute approximate surface area is 232 Å². The molecule has 1 aliphatic heterocycles. The van der Waals surface area contributed by atoms with Crippen molar-refractivity contribution < 1.29 is 13.9 Å². The first-order valence-electron chi connectivity index (χ1n) is 14.2. The molecule has 2 aromatic carbocycles. The van der Waals surface area contributed by atoms with Crippen LogP contribution in [0.4, 0.5) is 10.3 Å². The molecule has 2 aliphatic carbocycles. The van der Waals surface area contributed by atoms with Crippen LogP contribution in [0.3, 0.4) is 0 Å². The van der Waals surface area contributed by atoms with Crippen molar-refractivity contribution in [2.24, 2.45) is 11.3 Å². The molecule has 0 bridgehead atoms. The molecule has 3 heterocycles. The van der Waals surface area contributed by atoms with Gasteiger partial charge in [0.2, 0.25) is 11.8 Å². The molecule has 3 aliphatic rings. The van der Waals surface area contributed by atoms with Gasteiger partial charge in [-0.25, -0.2) is 19.3 Å². The first-order chi connectivity index (χ1) is 19.5. The summed E-state index contributed by atoms with van der Waals surface area (Å²) in [6, 6.07) is 12.9. The SMILES string of the molecule is Cc1ccc2c(CC(=O)C3CC34CC4)c(F)ccc2c1Oc1ncccc1-c1ccnc(N[C@H]2CCCNC2)n1. The molecule has 2 N–H and O–H groups in total. The number of carbonyl (C=O) groups is 1. The number of rotatable bonds is 8. The van der Waals surface area contributed by atoms with Crippen LogP contribution in [0.15, 0.2) is 54.9 Å². The van der Waals surface area contributed by atoms with E-state index in [1.54, 1.807) is 18.5 Å². The van der Waals surface area contributed by atoms with Gasteiger partial charge in [0.15, 0.2) is 0 Å². The Morgan fingerprint density at radius 1 is 1.12 bits per heavy atom. The summed E-state index contributed by atoms with van der Waals surface area (Å²) in [7, 11) is 0. The van der Waals surface area contributed by atoms with Crippen molar-refractivity contribution in [1.29, 1.82) is 0 Å². The molecule has 0 amide bonds. The van der Waals surface area contributed by atoms with Crippen molar-refractivity contribution in [3.8, 4) is 22.9 Å². The smallest absolute Gasteiger partial charge is 0.228 e. The Bertz CT molecular complexity index is 1610. The fraction of sp³-hybridized carbons (Fsp3) is 0.375. The van der Waals surface area contributed by atoms with Crippen molar-refractivity contribution in [2.45, 2.75) is 51.5 Å². The largest absolute Gasteiger partial charge is 0.437 e. The van der Waals surface area contributed by atoms with Crippen molar-refractivity contribution in [3.63, 3.8) is 0 Å². The number of carbonyl (C=O) groups excluding carboxylic acids is 1. The van der Waals surface area contributed by atoms with Crippen molar-refractivity contribution in [3.05, 3.63) is 71.8 Å². The van der Waals surface area contributed by atoms with Gasteiger partial charge in [-0.05, 0) is 92.3 Å². The molecule has 2 saturated carbocycles. The number of piperidine rings is 1. The molecule has 3 fully saturated rings. The number of ketones is 1. The number of aryl methyl sites for hydroxylation is 1. The maximum Gasteiger partial charge on any atom is 0.228 e. The highest BCUT2D eigenvalue weighted by Gasteiger charge is 2.65. The Morgan fingerprint density at radius 2 is 2.00 bits per heavy atom. The molecule has 40 heavy (non-hydrogen) atoms. The van der Waals surface area contributed by atoms with E-state index in [-0.39, 0.29) is 35.4 Å². The second-order valence-corrected chi connectivity index (χ2v) is 11.5. The van der Waals surface area contributed by atoms with Gasteiger partial charge in [-0.3, -0.25) is 4.79 Å². The number of fused-ring (bicyclic) bond motifs is 1. The lowest BCUT2D eigenvalue weighted by molar-refractivity contribution is -0.120. The topological polar surface area (TPSA) is 89.0 Å². The molecule has 4 aromatic rings. The lowest BCUT2D eigenvalue weighted by Gasteiger charge is -2.23. The first-order valence-corrected chi connectivity index (χ1v) is 14.2. The van der Waals surface area contributed by atoms with Gasteiger partial charge in [0.05, 0.1) is 11.3 Å². The number of halogens is 1. The van der Waals surface area contributed by atoms with Gasteiger partial charge in [-0.1, -0.05) is 12.1 Å². The van der Waals surface area contributed by atoms with Crippen LogP contribution in [-0.4, -0.2) is 39.9 Å². The van der Waals surface area contributed by atoms with Crippen LogP contribution < -0.4 is 15.4 Å². The number of anilines is 1. The molecule has 204 valence electrons. The molecule has 2 aromatic heterocycles. The van der Waals surface area contributed by atoms with E-state index in [4.69, 9.17) is 9.72 Å². The van der Waals surface area contributed by atoms with E-state index in [0.29, 0.717) is 34.2 Å². The summed E-state index contributed by atoms with van der Waals surface area (Å²) in [6.07, 6.45) is 8.94. The van der Waals surface area contributed by atoms with E-state index in [1.807, 2.05) is 37.3 Å². The van der Waals surface area contributed by atoms with Crippen LogP contribution in [0.25, 0.3) is 22.0 Å². The number of aromatic nitrogens is 3. The quantitative estimate of drug-likeness (QED) is 0.285. The number of hydrogen-bond acceptors (Lipinski definition) is 7. The Balaban J connectivity index is 1.20. The highest BCUT2D eigenvalue weighted by atomic mass is 19.1. The normalized spacial score (nSPS) is 20.9. The number of nitrogens with one attached hydrogen (secondary N) is 2. The maximum absolute atomic E-state index is 15.1. The summed E-state index contributed by atoms with van der Waals surface area (Å²) in [5.74, 6) is 1.45. The second kappa shape index (κ2) is 9.93. The van der Waals surface area contributed by atoms with Crippen LogP contribution in [0, 0.1) is 24.1 Å². The maximum atomic E-state index is 15.1. The molecule has 0 radical (unpaired) electrons. The fourth-order valence-electron chi connectivity index (χ4n) is 6.15. The Hall–Kier alpha value is -3.91. The van der Waals surface area contributed by atoms with E-state index >= 15 is 4.39 Å². The molecule has 1 spiro atoms.